The van der Waals surface area contributed by atoms with Crippen LogP contribution in [-0.4, -0.2) is 34.4 Å². The number of rotatable bonds is 4. The van der Waals surface area contributed by atoms with Crippen molar-refractivity contribution in [3.63, 3.8) is 0 Å². The van der Waals surface area contributed by atoms with E-state index in [0.717, 1.165) is 42.3 Å². The van der Waals surface area contributed by atoms with Gasteiger partial charge in [-0.1, -0.05) is 30.3 Å². The summed E-state index contributed by atoms with van der Waals surface area (Å²) in [7, 11) is 1.85. The minimum absolute atomic E-state index is 0.136. The fourth-order valence-electron chi connectivity index (χ4n) is 3.40. The second-order valence-electron chi connectivity index (χ2n) is 6.55. The van der Waals surface area contributed by atoms with Gasteiger partial charge in [-0.25, -0.2) is 9.97 Å². The summed E-state index contributed by atoms with van der Waals surface area (Å²) in [5.41, 5.74) is 1.51. The summed E-state index contributed by atoms with van der Waals surface area (Å²) >= 11 is 0. The molecule has 2 heterocycles. The minimum atomic E-state index is -0.441. The normalized spacial score (nSPS) is 20.2. The first kappa shape index (κ1) is 16.4. The first-order valence-electron chi connectivity index (χ1n) is 8.41. The van der Waals surface area contributed by atoms with E-state index in [4.69, 9.17) is 0 Å². The second kappa shape index (κ2) is 6.59. The fourth-order valence-corrected chi connectivity index (χ4v) is 3.40. The number of carbonyl (C=O) groups excluding carboxylic acids is 1. The lowest BCUT2D eigenvalue weighted by molar-refractivity contribution is -0.134. The molecule has 0 spiro atoms. The number of likely N-dealkylation sites (tertiary alicyclic amines) is 1. The van der Waals surface area contributed by atoms with E-state index in [1.54, 1.807) is 0 Å². The number of aromatic nitrogens is 2. The van der Waals surface area contributed by atoms with Gasteiger partial charge in [-0.05, 0) is 32.3 Å². The van der Waals surface area contributed by atoms with Crippen LogP contribution < -0.4 is 5.32 Å². The highest BCUT2D eigenvalue weighted by Crippen LogP contribution is 2.37. The molecule has 0 radical (unpaired) electrons. The SMILES string of the molecule is CNc1cc(C)nc([C@@]2(C)CCCN2C(=O)Cc2ccccc2)n1. The van der Waals surface area contributed by atoms with Crippen LogP contribution >= 0.6 is 0 Å². The summed E-state index contributed by atoms with van der Waals surface area (Å²) in [6.07, 6.45) is 2.28. The highest BCUT2D eigenvalue weighted by molar-refractivity contribution is 5.80. The van der Waals surface area contributed by atoms with E-state index in [0.29, 0.717) is 6.42 Å². The molecule has 0 saturated carbocycles. The van der Waals surface area contributed by atoms with Crippen LogP contribution in [0.5, 0.6) is 0 Å². The average Bonchev–Trinajstić information content (AvgIpc) is 2.98. The summed E-state index contributed by atoms with van der Waals surface area (Å²) in [5.74, 6) is 1.66. The molecule has 5 nitrogen and oxygen atoms in total. The van der Waals surface area contributed by atoms with Crippen LogP contribution in [0.1, 0.15) is 36.8 Å². The number of nitrogens with zero attached hydrogens (tertiary/aromatic N) is 3. The number of aryl methyl sites for hydroxylation is 1. The molecule has 1 aromatic heterocycles. The molecule has 1 N–H and O–H groups in total. The van der Waals surface area contributed by atoms with Gasteiger partial charge in [0, 0.05) is 25.4 Å². The van der Waals surface area contributed by atoms with Gasteiger partial charge in [-0.2, -0.15) is 0 Å². The molecule has 0 unspecified atom stereocenters. The van der Waals surface area contributed by atoms with Gasteiger partial charge in [-0.15, -0.1) is 0 Å². The van der Waals surface area contributed by atoms with E-state index in [1.807, 2.05) is 55.3 Å². The van der Waals surface area contributed by atoms with Crippen LogP contribution in [-0.2, 0) is 16.8 Å². The molecular formula is C19H24N4O. The zero-order valence-corrected chi connectivity index (χ0v) is 14.5. The maximum Gasteiger partial charge on any atom is 0.227 e. The molecule has 2 aromatic rings. The Morgan fingerprint density at radius 2 is 2.04 bits per heavy atom. The molecule has 1 aromatic carbocycles. The predicted octanol–water partition coefficient (Wildman–Crippen LogP) is 2.91. The number of benzene rings is 1. The number of anilines is 1. The summed E-state index contributed by atoms with van der Waals surface area (Å²) in [5, 5.41) is 3.08. The van der Waals surface area contributed by atoms with Gasteiger partial charge < -0.3 is 10.2 Å². The molecule has 1 aliphatic heterocycles. The topological polar surface area (TPSA) is 58.1 Å². The van der Waals surface area contributed by atoms with Crippen molar-refractivity contribution < 1.29 is 4.79 Å². The zero-order valence-electron chi connectivity index (χ0n) is 14.5. The fraction of sp³-hybridized carbons (Fsp3) is 0.421. The Kier molecular flexibility index (Phi) is 4.51. The summed E-state index contributed by atoms with van der Waals surface area (Å²) in [4.78, 5) is 24.1. The molecule has 0 aliphatic carbocycles. The van der Waals surface area contributed by atoms with Crippen molar-refractivity contribution in [1.82, 2.24) is 14.9 Å². The van der Waals surface area contributed by atoms with Crippen molar-refractivity contribution in [1.29, 1.82) is 0 Å². The quantitative estimate of drug-likeness (QED) is 0.939. The van der Waals surface area contributed by atoms with Crippen molar-refractivity contribution in [3.8, 4) is 0 Å². The van der Waals surface area contributed by atoms with Gasteiger partial charge in [0.05, 0.1) is 12.0 Å². The molecular weight excluding hydrogens is 300 g/mol. The van der Waals surface area contributed by atoms with E-state index < -0.39 is 5.54 Å². The van der Waals surface area contributed by atoms with Crippen molar-refractivity contribution in [3.05, 3.63) is 53.5 Å². The lowest BCUT2D eigenvalue weighted by atomic mass is 9.96. The maximum atomic E-state index is 12.9. The number of hydrogen-bond donors (Lipinski definition) is 1. The van der Waals surface area contributed by atoms with Crippen molar-refractivity contribution in [2.45, 2.75) is 38.6 Å². The van der Waals surface area contributed by atoms with E-state index in [-0.39, 0.29) is 5.91 Å². The van der Waals surface area contributed by atoms with E-state index in [1.165, 1.54) is 0 Å². The molecule has 3 rings (SSSR count). The van der Waals surface area contributed by atoms with E-state index >= 15 is 0 Å². The first-order valence-corrected chi connectivity index (χ1v) is 8.41. The Bertz CT molecular complexity index is 731. The van der Waals surface area contributed by atoms with Gasteiger partial charge in [0.2, 0.25) is 5.91 Å². The predicted molar refractivity (Wildman–Crippen MR) is 94.8 cm³/mol. The van der Waals surface area contributed by atoms with Crippen LogP contribution in [0.25, 0.3) is 0 Å². The monoisotopic (exact) mass is 324 g/mol. The minimum Gasteiger partial charge on any atom is -0.373 e. The third-order valence-corrected chi connectivity index (χ3v) is 4.73. The number of hydrogen-bond acceptors (Lipinski definition) is 4. The van der Waals surface area contributed by atoms with Gasteiger partial charge in [0.25, 0.3) is 0 Å². The van der Waals surface area contributed by atoms with E-state index in [2.05, 4.69) is 22.2 Å². The van der Waals surface area contributed by atoms with E-state index in [9.17, 15) is 4.79 Å². The van der Waals surface area contributed by atoms with Crippen molar-refractivity contribution >= 4 is 11.7 Å². The van der Waals surface area contributed by atoms with Crippen LogP contribution in [0.4, 0.5) is 5.82 Å². The molecule has 1 atom stereocenters. The molecule has 0 bridgehead atoms. The smallest absolute Gasteiger partial charge is 0.227 e. The van der Waals surface area contributed by atoms with Crippen molar-refractivity contribution in [2.75, 3.05) is 18.9 Å². The average molecular weight is 324 g/mol. The molecule has 5 heteroatoms. The number of carbonyl (C=O) groups is 1. The molecule has 1 amide bonds. The second-order valence-corrected chi connectivity index (χ2v) is 6.55. The lowest BCUT2D eigenvalue weighted by Gasteiger charge is -2.34. The first-order chi connectivity index (χ1) is 11.5. The Morgan fingerprint density at radius 3 is 2.75 bits per heavy atom. The molecule has 1 saturated heterocycles. The largest absolute Gasteiger partial charge is 0.373 e. The summed E-state index contributed by atoms with van der Waals surface area (Å²) in [6, 6.07) is 11.8. The molecule has 1 fully saturated rings. The van der Waals surface area contributed by atoms with Gasteiger partial charge in [0.15, 0.2) is 5.82 Å². The Hall–Kier alpha value is -2.43. The summed E-state index contributed by atoms with van der Waals surface area (Å²) in [6.45, 7) is 4.80. The highest BCUT2D eigenvalue weighted by Gasteiger charge is 2.43. The third-order valence-electron chi connectivity index (χ3n) is 4.73. The van der Waals surface area contributed by atoms with Gasteiger partial charge in [-0.3, -0.25) is 4.79 Å². The van der Waals surface area contributed by atoms with Crippen LogP contribution in [0.15, 0.2) is 36.4 Å². The summed E-state index contributed by atoms with van der Waals surface area (Å²) < 4.78 is 0. The third kappa shape index (κ3) is 3.11. The Morgan fingerprint density at radius 1 is 1.29 bits per heavy atom. The standard InChI is InChI=1S/C19H24N4O/c1-14-12-16(20-3)22-18(21-14)19(2)10-7-11-23(19)17(24)13-15-8-5-4-6-9-15/h4-6,8-9,12H,7,10-11,13H2,1-3H3,(H,20,21,22)/t19-/m1/s1. The van der Waals surface area contributed by atoms with Crippen LogP contribution in [0, 0.1) is 6.92 Å². The van der Waals surface area contributed by atoms with Crippen molar-refractivity contribution in [2.24, 2.45) is 0 Å². The Labute approximate surface area is 143 Å². The lowest BCUT2D eigenvalue weighted by Crippen LogP contribution is -2.44. The van der Waals surface area contributed by atoms with Gasteiger partial charge >= 0.3 is 0 Å². The highest BCUT2D eigenvalue weighted by atomic mass is 16.2. The molecule has 126 valence electrons. The molecule has 24 heavy (non-hydrogen) atoms. The van der Waals surface area contributed by atoms with Crippen LogP contribution in [0.2, 0.25) is 0 Å². The zero-order chi connectivity index (χ0) is 17.2. The number of amides is 1. The maximum absolute atomic E-state index is 12.9. The van der Waals surface area contributed by atoms with Crippen LogP contribution in [0.3, 0.4) is 0 Å². The Balaban J connectivity index is 1.88. The molecule has 1 aliphatic rings. The van der Waals surface area contributed by atoms with Gasteiger partial charge in [0.1, 0.15) is 5.82 Å². The number of nitrogens with one attached hydrogen (secondary N) is 1.